The Bertz CT molecular complexity index is 303. The lowest BCUT2D eigenvalue weighted by Gasteiger charge is -2.18. The van der Waals surface area contributed by atoms with E-state index in [0.29, 0.717) is 11.1 Å². The maximum absolute atomic E-state index is 11.9. The van der Waals surface area contributed by atoms with E-state index in [-0.39, 0.29) is 28.9 Å². The van der Waals surface area contributed by atoms with Crippen molar-refractivity contribution in [1.29, 1.82) is 0 Å². The molecule has 0 fully saturated rings. The molecule has 0 heterocycles. The van der Waals surface area contributed by atoms with Crippen molar-refractivity contribution in [3.8, 4) is 0 Å². The summed E-state index contributed by atoms with van der Waals surface area (Å²) in [6, 6.07) is 0. The predicted octanol–water partition coefficient (Wildman–Crippen LogP) is 1.48. The maximum Gasteiger partial charge on any atom is 0.185 e. The fourth-order valence-electron chi connectivity index (χ4n) is 1.50. The topological polar surface area (TPSA) is 65.6 Å². The van der Waals surface area contributed by atoms with Crippen LogP contribution in [-0.2, 0) is 9.59 Å². The van der Waals surface area contributed by atoms with Gasteiger partial charge in [-0.15, -0.1) is 0 Å². The van der Waals surface area contributed by atoms with Crippen LogP contribution in [0, 0.1) is 11.8 Å². The molecule has 0 aromatic heterocycles. The molecular formula is C12H18O3. The van der Waals surface area contributed by atoms with Crippen molar-refractivity contribution in [3.05, 3.63) is 23.3 Å². The highest BCUT2D eigenvalue weighted by atomic mass is 16.1. The van der Waals surface area contributed by atoms with E-state index in [0.717, 1.165) is 0 Å². The van der Waals surface area contributed by atoms with E-state index in [1.165, 1.54) is 12.2 Å². The van der Waals surface area contributed by atoms with E-state index < -0.39 is 0 Å². The molecule has 0 aromatic rings. The van der Waals surface area contributed by atoms with Crippen LogP contribution in [0.5, 0.6) is 0 Å². The lowest BCUT2D eigenvalue weighted by molar-refractivity contribution is -0.116. The van der Waals surface area contributed by atoms with Gasteiger partial charge in [-0.1, -0.05) is 27.7 Å². The van der Waals surface area contributed by atoms with Crippen LogP contribution in [-0.4, -0.2) is 17.0 Å². The summed E-state index contributed by atoms with van der Waals surface area (Å²) in [5, 5.41) is 0. The zero-order valence-electron chi connectivity index (χ0n) is 9.63. The van der Waals surface area contributed by atoms with E-state index in [2.05, 4.69) is 0 Å². The lowest BCUT2D eigenvalue weighted by atomic mass is 9.84. The second-order valence-electron chi connectivity index (χ2n) is 4.24. The van der Waals surface area contributed by atoms with Crippen molar-refractivity contribution in [2.45, 2.75) is 27.7 Å². The van der Waals surface area contributed by atoms with Gasteiger partial charge in [0.25, 0.3) is 0 Å². The van der Waals surface area contributed by atoms with E-state index >= 15 is 0 Å². The molecule has 1 rings (SSSR count). The van der Waals surface area contributed by atoms with Crippen LogP contribution >= 0.6 is 0 Å². The summed E-state index contributed by atoms with van der Waals surface area (Å²) in [7, 11) is 0. The molecule has 0 radical (unpaired) electrons. The number of hydrogen-bond acceptors (Lipinski definition) is 2. The zero-order chi connectivity index (χ0) is 10.9. The van der Waals surface area contributed by atoms with Gasteiger partial charge in [0.15, 0.2) is 11.6 Å². The molecule has 0 aliphatic heterocycles. The van der Waals surface area contributed by atoms with E-state index in [9.17, 15) is 9.59 Å². The monoisotopic (exact) mass is 210 g/mol. The van der Waals surface area contributed by atoms with Crippen LogP contribution < -0.4 is 0 Å². The Labute approximate surface area is 90.2 Å². The molecule has 0 unspecified atom stereocenters. The Hall–Kier alpha value is -1.22. The van der Waals surface area contributed by atoms with Crippen molar-refractivity contribution in [3.63, 3.8) is 0 Å². The van der Waals surface area contributed by atoms with Crippen molar-refractivity contribution in [1.82, 2.24) is 0 Å². The minimum atomic E-state index is -0.0583. The fourth-order valence-corrected chi connectivity index (χ4v) is 1.50. The Morgan fingerprint density at radius 1 is 0.867 bits per heavy atom. The van der Waals surface area contributed by atoms with Crippen LogP contribution in [0.2, 0.25) is 0 Å². The van der Waals surface area contributed by atoms with Gasteiger partial charge in [0.2, 0.25) is 0 Å². The third-order valence-electron chi connectivity index (χ3n) is 2.36. The summed E-state index contributed by atoms with van der Waals surface area (Å²) < 4.78 is 0. The molecule has 3 nitrogen and oxygen atoms in total. The number of rotatable bonds is 2. The lowest BCUT2D eigenvalue weighted by Crippen LogP contribution is -2.20. The van der Waals surface area contributed by atoms with Gasteiger partial charge in [-0.2, -0.15) is 0 Å². The van der Waals surface area contributed by atoms with E-state index in [4.69, 9.17) is 0 Å². The highest BCUT2D eigenvalue weighted by Gasteiger charge is 2.24. The van der Waals surface area contributed by atoms with Crippen LogP contribution in [0.4, 0.5) is 0 Å². The Balaban J connectivity index is 0.00000196. The minimum absolute atomic E-state index is 0. The Kier molecular flexibility index (Phi) is 4.62. The molecular weight excluding hydrogens is 192 g/mol. The van der Waals surface area contributed by atoms with Crippen molar-refractivity contribution < 1.29 is 15.1 Å². The molecule has 1 aliphatic rings. The molecule has 0 atom stereocenters. The average Bonchev–Trinajstić information content (AvgIpc) is 2.07. The molecule has 2 N–H and O–H groups in total. The van der Waals surface area contributed by atoms with E-state index in [1.807, 2.05) is 27.7 Å². The Morgan fingerprint density at radius 2 is 1.20 bits per heavy atom. The highest BCUT2D eigenvalue weighted by molar-refractivity contribution is 6.20. The van der Waals surface area contributed by atoms with Gasteiger partial charge in [-0.3, -0.25) is 9.59 Å². The normalized spacial score (nSPS) is 16.4. The maximum atomic E-state index is 11.9. The summed E-state index contributed by atoms with van der Waals surface area (Å²) >= 11 is 0. The predicted molar refractivity (Wildman–Crippen MR) is 59.5 cm³/mol. The SMILES string of the molecule is CC(C)C1=CC(=O)C=C(C(C)C)C1=O.O. The number of allylic oxidation sites excluding steroid dienone is 4. The quantitative estimate of drug-likeness (QED) is 0.648. The smallest absolute Gasteiger partial charge is 0.185 e. The van der Waals surface area contributed by atoms with Crippen molar-refractivity contribution in [2.24, 2.45) is 11.8 Å². The second-order valence-corrected chi connectivity index (χ2v) is 4.24. The first kappa shape index (κ1) is 13.8. The number of ketones is 2. The van der Waals surface area contributed by atoms with E-state index in [1.54, 1.807) is 0 Å². The zero-order valence-corrected chi connectivity index (χ0v) is 9.63. The molecule has 84 valence electrons. The van der Waals surface area contributed by atoms with Gasteiger partial charge >= 0.3 is 0 Å². The molecule has 0 aromatic carbocycles. The molecule has 0 saturated carbocycles. The number of carbonyl (C=O) groups excluding carboxylic acids is 2. The highest BCUT2D eigenvalue weighted by Crippen LogP contribution is 2.24. The second kappa shape index (κ2) is 5.03. The summed E-state index contributed by atoms with van der Waals surface area (Å²) in [4.78, 5) is 23.2. The van der Waals surface area contributed by atoms with Gasteiger partial charge in [-0.25, -0.2) is 0 Å². The minimum Gasteiger partial charge on any atom is -0.412 e. The van der Waals surface area contributed by atoms with Gasteiger partial charge in [0.05, 0.1) is 0 Å². The van der Waals surface area contributed by atoms with Crippen LogP contribution in [0.1, 0.15) is 27.7 Å². The molecule has 15 heavy (non-hydrogen) atoms. The summed E-state index contributed by atoms with van der Waals surface area (Å²) in [6.07, 6.45) is 2.91. The number of Topliss-reactive ketones (excluding diaryl/α,β-unsaturated/α-hetero) is 1. The largest absolute Gasteiger partial charge is 0.412 e. The molecule has 0 spiro atoms. The van der Waals surface area contributed by atoms with Gasteiger partial charge in [-0.05, 0) is 24.0 Å². The molecule has 0 amide bonds. The standard InChI is InChI=1S/C12H16O2.H2O/c1-7(2)10-5-9(13)6-11(8(3)4)12(10)14;/h5-8H,1-4H3;1H2. The van der Waals surface area contributed by atoms with Crippen LogP contribution in [0.15, 0.2) is 23.3 Å². The van der Waals surface area contributed by atoms with Crippen LogP contribution in [0.3, 0.4) is 0 Å². The third kappa shape index (κ3) is 2.86. The summed E-state index contributed by atoms with van der Waals surface area (Å²) in [6.45, 7) is 7.72. The average molecular weight is 210 g/mol. The molecule has 0 bridgehead atoms. The summed E-state index contributed by atoms with van der Waals surface area (Å²) in [5.74, 6) is 0.217. The van der Waals surface area contributed by atoms with Gasteiger partial charge in [0, 0.05) is 11.1 Å². The van der Waals surface area contributed by atoms with Crippen molar-refractivity contribution in [2.75, 3.05) is 0 Å². The number of hydrogen-bond donors (Lipinski definition) is 0. The van der Waals surface area contributed by atoms with Gasteiger partial charge in [0.1, 0.15) is 0 Å². The number of carbonyl (C=O) groups is 2. The fraction of sp³-hybridized carbons (Fsp3) is 0.500. The molecule has 1 aliphatic carbocycles. The van der Waals surface area contributed by atoms with Gasteiger partial charge < -0.3 is 5.48 Å². The first-order valence-electron chi connectivity index (χ1n) is 4.95. The van der Waals surface area contributed by atoms with Crippen LogP contribution in [0.25, 0.3) is 0 Å². The Morgan fingerprint density at radius 3 is 1.47 bits per heavy atom. The van der Waals surface area contributed by atoms with Crippen molar-refractivity contribution >= 4 is 11.6 Å². The first-order chi connectivity index (χ1) is 6.43. The summed E-state index contributed by atoms with van der Waals surface area (Å²) in [5.41, 5.74) is 1.28. The third-order valence-corrected chi connectivity index (χ3v) is 2.36. The molecule has 0 saturated heterocycles. The molecule has 3 heteroatoms. The first-order valence-corrected chi connectivity index (χ1v) is 4.95.